The molecule has 7 heteroatoms. The smallest absolute Gasteiger partial charge is 0.258 e. The summed E-state index contributed by atoms with van der Waals surface area (Å²) in [5.41, 5.74) is 11.5. The Morgan fingerprint density at radius 2 is 2.05 bits per heavy atom. The van der Waals surface area contributed by atoms with Crippen molar-refractivity contribution in [1.82, 2.24) is 5.32 Å². The number of ether oxygens (including phenoxy) is 2. The van der Waals surface area contributed by atoms with Crippen molar-refractivity contribution in [3.63, 3.8) is 0 Å². The molecule has 1 saturated heterocycles. The zero-order chi connectivity index (χ0) is 15.2. The molecule has 0 bridgehead atoms. The first-order chi connectivity index (χ1) is 10.1. The zero-order valence-electron chi connectivity index (χ0n) is 11.6. The second-order valence-corrected chi connectivity index (χ2v) is 4.86. The monoisotopic (exact) mass is 293 g/mol. The van der Waals surface area contributed by atoms with E-state index in [0.717, 1.165) is 12.8 Å². The third kappa shape index (κ3) is 4.35. The number of primary amides is 1. The zero-order valence-corrected chi connectivity index (χ0v) is 11.6. The molecule has 114 valence electrons. The summed E-state index contributed by atoms with van der Waals surface area (Å²) in [5.74, 6) is -0.667. The van der Waals surface area contributed by atoms with Crippen LogP contribution in [0, 0.1) is 0 Å². The molecule has 2 amide bonds. The number of nitrogens with one attached hydrogen (secondary N) is 1. The van der Waals surface area contributed by atoms with Crippen LogP contribution in [-0.2, 0) is 9.53 Å². The van der Waals surface area contributed by atoms with Crippen LogP contribution in [0.2, 0.25) is 0 Å². The molecule has 7 nitrogen and oxygen atoms in total. The fraction of sp³-hybridized carbons (Fsp3) is 0.429. The third-order valence-electron chi connectivity index (χ3n) is 3.22. The summed E-state index contributed by atoms with van der Waals surface area (Å²) in [4.78, 5) is 23.1. The highest BCUT2D eigenvalue weighted by Gasteiger charge is 2.17. The fourth-order valence-electron chi connectivity index (χ4n) is 2.12. The van der Waals surface area contributed by atoms with Gasteiger partial charge in [0.25, 0.3) is 11.8 Å². The van der Waals surface area contributed by atoms with Gasteiger partial charge in [0, 0.05) is 31.0 Å². The summed E-state index contributed by atoms with van der Waals surface area (Å²) < 4.78 is 10.6. The molecule has 1 aromatic carbocycles. The quantitative estimate of drug-likeness (QED) is 0.663. The van der Waals surface area contributed by atoms with Gasteiger partial charge in [-0.05, 0) is 25.0 Å². The summed E-state index contributed by atoms with van der Waals surface area (Å²) in [6, 6.07) is 4.60. The van der Waals surface area contributed by atoms with Gasteiger partial charge in [-0.25, -0.2) is 0 Å². The molecule has 0 aliphatic carbocycles. The minimum atomic E-state index is -0.630. The maximum atomic E-state index is 11.8. The lowest BCUT2D eigenvalue weighted by Gasteiger charge is -2.23. The second-order valence-electron chi connectivity index (χ2n) is 4.86. The Morgan fingerprint density at radius 3 is 2.71 bits per heavy atom. The summed E-state index contributed by atoms with van der Waals surface area (Å²) >= 11 is 0. The maximum absolute atomic E-state index is 11.8. The summed E-state index contributed by atoms with van der Waals surface area (Å²) in [6.07, 6.45) is 1.58. The number of benzene rings is 1. The average Bonchev–Trinajstić information content (AvgIpc) is 2.46. The molecule has 0 aromatic heterocycles. The van der Waals surface area contributed by atoms with E-state index in [1.165, 1.54) is 12.1 Å². The number of carbonyl (C=O) groups is 2. The van der Waals surface area contributed by atoms with Gasteiger partial charge >= 0.3 is 0 Å². The van der Waals surface area contributed by atoms with Crippen molar-refractivity contribution in [1.29, 1.82) is 0 Å². The molecule has 21 heavy (non-hydrogen) atoms. The van der Waals surface area contributed by atoms with Crippen LogP contribution in [0.4, 0.5) is 5.69 Å². The molecule has 5 N–H and O–H groups in total. The van der Waals surface area contributed by atoms with E-state index in [1.807, 2.05) is 0 Å². The fourth-order valence-corrected chi connectivity index (χ4v) is 2.12. The van der Waals surface area contributed by atoms with Gasteiger partial charge in [0.05, 0.1) is 5.56 Å². The first kappa shape index (κ1) is 15.1. The highest BCUT2D eigenvalue weighted by atomic mass is 16.5. The second kappa shape index (κ2) is 6.94. The van der Waals surface area contributed by atoms with E-state index >= 15 is 0 Å². The molecule has 0 atom stereocenters. The van der Waals surface area contributed by atoms with Crippen molar-refractivity contribution in [3.8, 4) is 5.75 Å². The van der Waals surface area contributed by atoms with Crippen LogP contribution in [0.1, 0.15) is 23.2 Å². The van der Waals surface area contributed by atoms with E-state index in [-0.39, 0.29) is 29.9 Å². The molecule has 1 aromatic rings. The van der Waals surface area contributed by atoms with Gasteiger partial charge in [-0.15, -0.1) is 0 Å². The topological polar surface area (TPSA) is 117 Å². The summed E-state index contributed by atoms with van der Waals surface area (Å²) in [6.45, 7) is 1.10. The van der Waals surface area contributed by atoms with E-state index in [4.69, 9.17) is 20.9 Å². The van der Waals surface area contributed by atoms with E-state index in [2.05, 4.69) is 5.32 Å². The molecule has 1 aliphatic rings. The maximum Gasteiger partial charge on any atom is 0.258 e. The minimum absolute atomic E-state index is 0.103. The lowest BCUT2D eigenvalue weighted by molar-refractivity contribution is -0.124. The van der Waals surface area contributed by atoms with E-state index in [1.54, 1.807) is 6.07 Å². The Hall–Kier alpha value is -2.28. The molecule has 2 rings (SSSR count). The van der Waals surface area contributed by atoms with Crippen LogP contribution in [-0.4, -0.2) is 37.7 Å². The van der Waals surface area contributed by atoms with Crippen molar-refractivity contribution in [3.05, 3.63) is 23.8 Å². The van der Waals surface area contributed by atoms with Crippen LogP contribution in [0.5, 0.6) is 5.75 Å². The Labute approximate surface area is 122 Å². The standard InChI is InChI=1S/C14H19N3O4/c15-9-1-2-11(14(16)19)12(7-9)21-8-13(18)17-10-3-5-20-6-4-10/h1-2,7,10H,3-6,8,15H2,(H2,16,19)(H,17,18). The number of amides is 2. The average molecular weight is 293 g/mol. The van der Waals surface area contributed by atoms with Gasteiger partial charge in [-0.1, -0.05) is 0 Å². The molecular formula is C14H19N3O4. The van der Waals surface area contributed by atoms with Crippen LogP contribution in [0.25, 0.3) is 0 Å². The number of rotatable bonds is 5. The molecule has 1 aliphatic heterocycles. The molecule has 1 heterocycles. The van der Waals surface area contributed by atoms with Crippen molar-refractivity contribution in [2.45, 2.75) is 18.9 Å². The molecule has 0 radical (unpaired) electrons. The Bertz CT molecular complexity index is 527. The lowest BCUT2D eigenvalue weighted by atomic mass is 10.1. The Balaban J connectivity index is 1.91. The molecule has 1 fully saturated rings. The molecular weight excluding hydrogens is 274 g/mol. The molecule has 0 saturated carbocycles. The number of hydrogen-bond donors (Lipinski definition) is 3. The van der Waals surface area contributed by atoms with Crippen molar-refractivity contribution < 1.29 is 19.1 Å². The normalized spacial score (nSPS) is 15.4. The van der Waals surface area contributed by atoms with Crippen LogP contribution < -0.4 is 21.5 Å². The van der Waals surface area contributed by atoms with Gasteiger partial charge in [-0.3, -0.25) is 9.59 Å². The van der Waals surface area contributed by atoms with Gasteiger partial charge in [0.2, 0.25) is 0 Å². The number of nitrogens with two attached hydrogens (primary N) is 2. The summed E-state index contributed by atoms with van der Waals surface area (Å²) in [5, 5.41) is 2.86. The van der Waals surface area contributed by atoms with Crippen LogP contribution in [0.15, 0.2) is 18.2 Å². The predicted octanol–water partition coefficient (Wildman–Crippen LogP) is 0.0417. The SMILES string of the molecule is NC(=O)c1ccc(N)cc1OCC(=O)NC1CCOCC1. The van der Waals surface area contributed by atoms with Gasteiger partial charge < -0.3 is 26.3 Å². The van der Waals surface area contributed by atoms with Gasteiger partial charge in [0.1, 0.15) is 5.75 Å². The highest BCUT2D eigenvalue weighted by Crippen LogP contribution is 2.21. The van der Waals surface area contributed by atoms with E-state index < -0.39 is 5.91 Å². The van der Waals surface area contributed by atoms with Gasteiger partial charge in [-0.2, -0.15) is 0 Å². The van der Waals surface area contributed by atoms with Crippen LogP contribution >= 0.6 is 0 Å². The predicted molar refractivity (Wildman–Crippen MR) is 76.9 cm³/mol. The number of carbonyl (C=O) groups excluding carboxylic acids is 2. The lowest BCUT2D eigenvalue weighted by Crippen LogP contribution is -2.41. The first-order valence-corrected chi connectivity index (χ1v) is 6.75. The Kier molecular flexibility index (Phi) is 4.99. The van der Waals surface area contributed by atoms with E-state index in [9.17, 15) is 9.59 Å². The van der Waals surface area contributed by atoms with Gasteiger partial charge in [0.15, 0.2) is 6.61 Å². The molecule has 0 unspecified atom stereocenters. The van der Waals surface area contributed by atoms with Crippen molar-refractivity contribution in [2.24, 2.45) is 5.73 Å². The van der Waals surface area contributed by atoms with Crippen molar-refractivity contribution >= 4 is 17.5 Å². The number of anilines is 1. The minimum Gasteiger partial charge on any atom is -0.483 e. The number of hydrogen-bond acceptors (Lipinski definition) is 5. The number of nitrogen functional groups attached to an aromatic ring is 1. The largest absolute Gasteiger partial charge is 0.483 e. The first-order valence-electron chi connectivity index (χ1n) is 6.75. The Morgan fingerprint density at radius 1 is 1.33 bits per heavy atom. The third-order valence-corrected chi connectivity index (χ3v) is 3.22. The highest BCUT2D eigenvalue weighted by molar-refractivity contribution is 5.96. The van der Waals surface area contributed by atoms with E-state index in [0.29, 0.717) is 18.9 Å². The molecule has 0 spiro atoms. The van der Waals surface area contributed by atoms with Crippen LogP contribution in [0.3, 0.4) is 0 Å². The van der Waals surface area contributed by atoms with Crippen molar-refractivity contribution in [2.75, 3.05) is 25.6 Å². The summed E-state index contributed by atoms with van der Waals surface area (Å²) in [7, 11) is 0.